The first-order valence-electron chi connectivity index (χ1n) is 6.23. The molecular formula is C15H14Br2O2S. The van der Waals surface area contributed by atoms with Crippen molar-refractivity contribution in [2.75, 3.05) is 7.11 Å². The van der Waals surface area contributed by atoms with E-state index in [4.69, 9.17) is 4.74 Å². The normalized spacial score (nSPS) is 10.6. The zero-order valence-electron chi connectivity index (χ0n) is 11.2. The predicted octanol–water partition coefficient (Wildman–Crippen LogP) is 5.93. The number of Topliss-reactive ketones (excluding diaryl/α,β-unsaturated/α-hetero) is 1. The van der Waals surface area contributed by atoms with E-state index in [1.165, 1.54) is 11.3 Å². The Morgan fingerprint density at radius 3 is 2.65 bits per heavy atom. The number of halogens is 2. The van der Waals surface area contributed by atoms with Crippen molar-refractivity contribution in [3.63, 3.8) is 0 Å². The van der Waals surface area contributed by atoms with Crippen LogP contribution in [0.5, 0.6) is 5.75 Å². The number of methoxy groups -OCH3 is 1. The molecule has 0 N–H and O–H groups in total. The summed E-state index contributed by atoms with van der Waals surface area (Å²) in [7, 11) is 1.64. The number of hydrogen-bond acceptors (Lipinski definition) is 3. The monoisotopic (exact) mass is 416 g/mol. The maximum absolute atomic E-state index is 11.9. The highest BCUT2D eigenvalue weighted by atomic mass is 79.9. The minimum atomic E-state index is 0.212. The lowest BCUT2D eigenvalue weighted by Crippen LogP contribution is -1.93. The summed E-state index contributed by atoms with van der Waals surface area (Å²) in [6.07, 6.45) is 1.48. The highest BCUT2D eigenvalue weighted by Gasteiger charge is 2.13. The van der Waals surface area contributed by atoms with Crippen molar-refractivity contribution in [2.24, 2.45) is 0 Å². The van der Waals surface area contributed by atoms with Crippen LogP contribution in [0.2, 0.25) is 0 Å². The van der Waals surface area contributed by atoms with Crippen LogP contribution in [0.3, 0.4) is 0 Å². The van der Waals surface area contributed by atoms with Gasteiger partial charge in [0.15, 0.2) is 5.78 Å². The molecule has 0 spiro atoms. The van der Waals surface area contributed by atoms with E-state index in [2.05, 4.69) is 31.9 Å². The van der Waals surface area contributed by atoms with Gasteiger partial charge in [-0.1, -0.05) is 22.9 Å². The Hall–Kier alpha value is -0.650. The maximum Gasteiger partial charge on any atom is 0.172 e. The molecule has 2 aromatic rings. The number of carbonyl (C=O) groups is 1. The van der Waals surface area contributed by atoms with Gasteiger partial charge in [-0.15, -0.1) is 11.3 Å². The summed E-state index contributed by atoms with van der Waals surface area (Å²) in [6.45, 7) is 2.02. The number of rotatable bonds is 5. The average Bonchev–Trinajstić information content (AvgIpc) is 2.89. The van der Waals surface area contributed by atoms with Gasteiger partial charge >= 0.3 is 0 Å². The number of carbonyl (C=O) groups excluding carboxylic acids is 1. The number of hydrogen-bond donors (Lipinski definition) is 0. The largest absolute Gasteiger partial charge is 0.496 e. The van der Waals surface area contributed by atoms with Crippen LogP contribution in [0.1, 0.15) is 29.4 Å². The van der Waals surface area contributed by atoms with E-state index in [0.717, 1.165) is 36.4 Å². The summed E-state index contributed by atoms with van der Waals surface area (Å²) in [4.78, 5) is 13.8. The van der Waals surface area contributed by atoms with Gasteiger partial charge in [0.25, 0.3) is 0 Å². The highest BCUT2D eigenvalue weighted by molar-refractivity contribution is 9.11. The van der Waals surface area contributed by atoms with E-state index in [1.54, 1.807) is 7.11 Å². The van der Waals surface area contributed by atoms with Gasteiger partial charge < -0.3 is 4.74 Å². The summed E-state index contributed by atoms with van der Waals surface area (Å²) < 4.78 is 7.20. The zero-order chi connectivity index (χ0) is 14.7. The molecule has 0 saturated heterocycles. The van der Waals surface area contributed by atoms with E-state index >= 15 is 0 Å². The molecular weight excluding hydrogens is 404 g/mol. The number of benzene rings is 1. The van der Waals surface area contributed by atoms with E-state index in [9.17, 15) is 4.79 Å². The van der Waals surface area contributed by atoms with Crippen molar-refractivity contribution in [1.82, 2.24) is 0 Å². The minimum Gasteiger partial charge on any atom is -0.496 e. The first-order chi connectivity index (χ1) is 9.56. The summed E-state index contributed by atoms with van der Waals surface area (Å²) in [5.74, 6) is 0.988. The standard InChI is InChI=1S/C15H14Br2O2S/c1-3-4-12(18)15-6-5-14(20-15)9-7-13(19-2)11(17)8-10(9)16/h5-8H,3-4H2,1-2H3. The average molecular weight is 418 g/mol. The highest BCUT2D eigenvalue weighted by Crippen LogP contribution is 2.39. The van der Waals surface area contributed by atoms with Crippen LogP contribution in [-0.4, -0.2) is 12.9 Å². The smallest absolute Gasteiger partial charge is 0.172 e. The van der Waals surface area contributed by atoms with Crippen molar-refractivity contribution >= 4 is 49.0 Å². The molecule has 0 unspecified atom stereocenters. The Morgan fingerprint density at radius 1 is 1.25 bits per heavy atom. The fraction of sp³-hybridized carbons (Fsp3) is 0.267. The van der Waals surface area contributed by atoms with Crippen molar-refractivity contribution in [3.05, 3.63) is 38.1 Å². The van der Waals surface area contributed by atoms with Crippen LogP contribution in [0.25, 0.3) is 10.4 Å². The maximum atomic E-state index is 11.9. The molecule has 1 aromatic carbocycles. The van der Waals surface area contributed by atoms with E-state index < -0.39 is 0 Å². The minimum absolute atomic E-state index is 0.212. The van der Waals surface area contributed by atoms with Crippen molar-refractivity contribution in [3.8, 4) is 16.2 Å². The fourth-order valence-electron chi connectivity index (χ4n) is 1.86. The molecule has 0 aliphatic carbocycles. The Kier molecular flexibility index (Phi) is 5.41. The molecule has 0 radical (unpaired) electrons. The topological polar surface area (TPSA) is 26.3 Å². The zero-order valence-corrected chi connectivity index (χ0v) is 15.2. The molecule has 106 valence electrons. The van der Waals surface area contributed by atoms with Gasteiger partial charge in [-0.3, -0.25) is 4.79 Å². The van der Waals surface area contributed by atoms with Crippen LogP contribution in [0.15, 0.2) is 33.2 Å². The van der Waals surface area contributed by atoms with Crippen LogP contribution in [-0.2, 0) is 0 Å². The van der Waals surface area contributed by atoms with Gasteiger partial charge in [-0.25, -0.2) is 0 Å². The predicted molar refractivity (Wildman–Crippen MR) is 90.9 cm³/mol. The van der Waals surface area contributed by atoms with Crippen LogP contribution < -0.4 is 4.74 Å². The second-order valence-corrected chi connectivity index (χ2v) is 7.10. The third-order valence-electron chi connectivity index (χ3n) is 2.86. The van der Waals surface area contributed by atoms with E-state index in [-0.39, 0.29) is 5.78 Å². The van der Waals surface area contributed by atoms with E-state index in [0.29, 0.717) is 6.42 Å². The third kappa shape index (κ3) is 3.32. The Bertz CT molecular complexity index is 635. The molecule has 2 rings (SSSR count). The number of ether oxygens (including phenoxy) is 1. The third-order valence-corrected chi connectivity index (χ3v) is 5.30. The summed E-state index contributed by atoms with van der Waals surface area (Å²) in [5.41, 5.74) is 1.03. The molecule has 0 aliphatic rings. The first kappa shape index (κ1) is 15.7. The molecule has 0 bridgehead atoms. The summed E-state index contributed by atoms with van der Waals surface area (Å²) >= 11 is 8.54. The van der Waals surface area contributed by atoms with Crippen molar-refractivity contribution in [1.29, 1.82) is 0 Å². The molecule has 0 aliphatic heterocycles. The van der Waals surface area contributed by atoms with Gasteiger partial charge in [0.2, 0.25) is 0 Å². The van der Waals surface area contributed by atoms with Gasteiger partial charge in [0.05, 0.1) is 16.5 Å². The lowest BCUT2D eigenvalue weighted by atomic mass is 10.1. The molecule has 0 atom stereocenters. The molecule has 1 aromatic heterocycles. The van der Waals surface area contributed by atoms with Crippen molar-refractivity contribution in [2.45, 2.75) is 19.8 Å². The SMILES string of the molecule is CCCC(=O)c1ccc(-c2cc(OC)c(Br)cc2Br)s1. The quantitative estimate of drug-likeness (QED) is 0.563. The Balaban J connectivity index is 2.39. The lowest BCUT2D eigenvalue weighted by molar-refractivity contribution is 0.0985. The summed E-state index contributed by atoms with van der Waals surface area (Å²) in [6, 6.07) is 7.81. The Morgan fingerprint density at radius 2 is 2.00 bits per heavy atom. The second kappa shape index (κ2) is 6.87. The van der Waals surface area contributed by atoms with Crippen LogP contribution >= 0.6 is 43.2 Å². The molecule has 2 nitrogen and oxygen atoms in total. The second-order valence-electron chi connectivity index (χ2n) is 4.30. The molecule has 0 amide bonds. The van der Waals surface area contributed by atoms with Crippen LogP contribution in [0.4, 0.5) is 0 Å². The van der Waals surface area contributed by atoms with E-state index in [1.807, 2.05) is 31.2 Å². The van der Waals surface area contributed by atoms with Gasteiger partial charge in [-0.2, -0.15) is 0 Å². The molecule has 0 saturated carbocycles. The van der Waals surface area contributed by atoms with Crippen LogP contribution in [0, 0.1) is 0 Å². The lowest BCUT2D eigenvalue weighted by Gasteiger charge is -2.08. The molecule has 5 heteroatoms. The van der Waals surface area contributed by atoms with Gasteiger partial charge in [-0.05, 0) is 46.6 Å². The van der Waals surface area contributed by atoms with Gasteiger partial charge in [0.1, 0.15) is 5.75 Å². The Labute approximate surface area is 139 Å². The molecule has 20 heavy (non-hydrogen) atoms. The number of thiophene rings is 1. The fourth-order valence-corrected chi connectivity index (χ4v) is 4.36. The van der Waals surface area contributed by atoms with Gasteiger partial charge in [0, 0.05) is 21.3 Å². The number of ketones is 1. The molecule has 0 fully saturated rings. The molecule has 1 heterocycles. The first-order valence-corrected chi connectivity index (χ1v) is 8.63. The van der Waals surface area contributed by atoms with Crippen molar-refractivity contribution < 1.29 is 9.53 Å². The summed E-state index contributed by atoms with van der Waals surface area (Å²) in [5, 5.41) is 0.